The van der Waals surface area contributed by atoms with Crippen LogP contribution in [0.15, 0.2) is 44.8 Å². The Labute approximate surface area is 125 Å². The van der Waals surface area contributed by atoms with Gasteiger partial charge in [-0.25, -0.2) is 4.79 Å². The Morgan fingerprint density at radius 2 is 1.91 bits per heavy atom. The van der Waals surface area contributed by atoms with Crippen LogP contribution >= 0.6 is 0 Å². The van der Waals surface area contributed by atoms with E-state index in [0.29, 0.717) is 5.56 Å². The summed E-state index contributed by atoms with van der Waals surface area (Å²) in [5, 5.41) is 26.6. The Morgan fingerprint density at radius 3 is 2.50 bits per heavy atom. The maximum absolute atomic E-state index is 11.1. The van der Waals surface area contributed by atoms with Gasteiger partial charge in [-0.1, -0.05) is 11.7 Å². The molecule has 1 heterocycles. The number of methoxy groups -OCH3 is 2. The van der Waals surface area contributed by atoms with Gasteiger partial charge in [0.2, 0.25) is 5.75 Å². The maximum atomic E-state index is 11.1. The van der Waals surface area contributed by atoms with E-state index in [1.165, 1.54) is 20.4 Å². The highest BCUT2D eigenvalue weighted by atomic mass is 16.5. The Balaban J connectivity index is 2.25. The third-order valence-corrected chi connectivity index (χ3v) is 2.63. The molecule has 2 rings (SSSR count). The van der Waals surface area contributed by atoms with Crippen molar-refractivity contribution in [2.24, 2.45) is 20.4 Å². The number of nitrogens with one attached hydrogen (secondary N) is 1. The van der Waals surface area contributed by atoms with Gasteiger partial charge in [-0.2, -0.15) is 5.10 Å². The van der Waals surface area contributed by atoms with Gasteiger partial charge in [0, 0.05) is 5.56 Å². The number of amidine groups is 1. The molecule has 2 N–H and O–H groups in total. The number of benzene rings is 1. The lowest BCUT2D eigenvalue weighted by Gasteiger charge is -2.09. The predicted octanol–water partition coefficient (Wildman–Crippen LogP) is 1.83. The van der Waals surface area contributed by atoms with Gasteiger partial charge in [0.25, 0.3) is 0 Å². The topological polar surface area (TPSA) is 117 Å². The van der Waals surface area contributed by atoms with E-state index < -0.39 is 6.03 Å². The number of phenols is 1. The van der Waals surface area contributed by atoms with Gasteiger partial charge >= 0.3 is 6.03 Å². The quantitative estimate of drug-likeness (QED) is 0.651. The first-order chi connectivity index (χ1) is 10.5. The van der Waals surface area contributed by atoms with Crippen molar-refractivity contribution >= 4 is 18.1 Å². The number of ether oxygens (including phenoxy) is 2. The molecule has 114 valence electrons. The lowest BCUT2D eigenvalue weighted by molar-refractivity contribution is 0.251. The summed E-state index contributed by atoms with van der Waals surface area (Å²) in [6.07, 6.45) is 1.39. The maximum Gasteiger partial charge on any atom is 0.365 e. The average molecular weight is 303 g/mol. The van der Waals surface area contributed by atoms with Crippen LogP contribution in [0.25, 0.3) is 0 Å². The van der Waals surface area contributed by atoms with Crippen molar-refractivity contribution in [1.82, 2.24) is 5.32 Å². The molecule has 0 radical (unpaired) electrons. The molecule has 2 amide bonds. The second-order valence-electron chi connectivity index (χ2n) is 4.04. The zero-order valence-electron chi connectivity index (χ0n) is 11.9. The van der Waals surface area contributed by atoms with Crippen molar-refractivity contribution in [2.75, 3.05) is 14.2 Å². The molecule has 0 aromatic heterocycles. The van der Waals surface area contributed by atoms with E-state index in [1.807, 2.05) is 0 Å². The SMILES string of the molecule is C=C1N=NC(=O)N/C1=N/N=C/c1cc(OC)c(O)c(OC)c1. The first-order valence-electron chi connectivity index (χ1n) is 6.03. The molecule has 0 aliphatic carbocycles. The molecule has 1 aliphatic heterocycles. The summed E-state index contributed by atoms with van der Waals surface area (Å²) in [4.78, 5) is 11.1. The van der Waals surface area contributed by atoms with Gasteiger partial charge in [0.15, 0.2) is 17.3 Å². The fourth-order valence-corrected chi connectivity index (χ4v) is 1.58. The van der Waals surface area contributed by atoms with E-state index >= 15 is 0 Å². The fourth-order valence-electron chi connectivity index (χ4n) is 1.58. The van der Waals surface area contributed by atoms with Crippen LogP contribution in [0.5, 0.6) is 17.2 Å². The van der Waals surface area contributed by atoms with E-state index in [4.69, 9.17) is 9.47 Å². The Hall–Kier alpha value is -3.23. The standard InChI is InChI=1S/C13H13N5O4/c1-7-12(15-13(20)18-16-7)17-14-6-8-4-9(21-2)11(19)10(5-8)22-3/h4-6,19H,1H2,2-3H3,(H,15,17,20)/b14-6+. The number of urea groups is 1. The van der Waals surface area contributed by atoms with E-state index in [9.17, 15) is 9.90 Å². The zero-order valence-corrected chi connectivity index (χ0v) is 11.9. The molecule has 0 saturated heterocycles. The summed E-state index contributed by atoms with van der Waals surface area (Å²) in [6.45, 7) is 3.57. The number of amides is 2. The van der Waals surface area contributed by atoms with Crippen molar-refractivity contribution < 1.29 is 19.4 Å². The molecule has 0 atom stereocenters. The Kier molecular flexibility index (Phi) is 4.47. The summed E-state index contributed by atoms with van der Waals surface area (Å²) in [5.41, 5.74) is 0.767. The summed E-state index contributed by atoms with van der Waals surface area (Å²) < 4.78 is 10.1. The Morgan fingerprint density at radius 1 is 1.27 bits per heavy atom. The monoisotopic (exact) mass is 303 g/mol. The summed E-state index contributed by atoms with van der Waals surface area (Å²) in [7, 11) is 2.84. The Bertz CT molecular complexity index is 683. The van der Waals surface area contributed by atoms with Crippen LogP contribution in [-0.4, -0.2) is 37.4 Å². The number of azo groups is 1. The predicted molar refractivity (Wildman–Crippen MR) is 78.8 cm³/mol. The highest BCUT2D eigenvalue weighted by Crippen LogP contribution is 2.36. The van der Waals surface area contributed by atoms with Crippen LogP contribution in [0, 0.1) is 0 Å². The molecule has 9 nitrogen and oxygen atoms in total. The molecule has 1 aromatic rings. The van der Waals surface area contributed by atoms with Crippen molar-refractivity contribution in [1.29, 1.82) is 0 Å². The van der Waals surface area contributed by atoms with Crippen molar-refractivity contribution in [3.8, 4) is 17.2 Å². The van der Waals surface area contributed by atoms with Gasteiger partial charge in [-0.15, -0.1) is 10.2 Å². The largest absolute Gasteiger partial charge is 0.502 e. The number of aromatic hydroxyl groups is 1. The van der Waals surface area contributed by atoms with Crippen LogP contribution in [0.4, 0.5) is 4.79 Å². The lowest BCUT2D eigenvalue weighted by atomic mass is 10.2. The van der Waals surface area contributed by atoms with Crippen LogP contribution in [-0.2, 0) is 0 Å². The number of rotatable bonds is 4. The van der Waals surface area contributed by atoms with E-state index in [1.54, 1.807) is 12.1 Å². The minimum Gasteiger partial charge on any atom is -0.502 e. The van der Waals surface area contributed by atoms with Crippen molar-refractivity contribution in [3.63, 3.8) is 0 Å². The summed E-state index contributed by atoms with van der Waals surface area (Å²) in [6, 6.07) is 2.46. The molecule has 0 saturated carbocycles. The number of carbonyl (C=O) groups is 1. The van der Waals surface area contributed by atoms with Crippen molar-refractivity contribution in [3.05, 3.63) is 30.0 Å². The van der Waals surface area contributed by atoms with E-state index in [-0.39, 0.29) is 28.8 Å². The average Bonchev–Trinajstić information content (AvgIpc) is 2.52. The molecule has 1 aromatic carbocycles. The number of hydrogen-bond acceptors (Lipinski definition) is 7. The lowest BCUT2D eigenvalue weighted by Crippen LogP contribution is -2.31. The smallest absolute Gasteiger partial charge is 0.365 e. The van der Waals surface area contributed by atoms with Gasteiger partial charge < -0.3 is 14.6 Å². The van der Waals surface area contributed by atoms with Crippen LogP contribution < -0.4 is 14.8 Å². The number of nitrogens with zero attached hydrogens (tertiary/aromatic N) is 4. The third kappa shape index (κ3) is 3.26. The molecule has 9 heteroatoms. The zero-order chi connectivity index (χ0) is 16.1. The molecule has 0 fully saturated rings. The summed E-state index contributed by atoms with van der Waals surface area (Å²) in [5.74, 6) is 0.464. The highest BCUT2D eigenvalue weighted by molar-refractivity contribution is 6.08. The van der Waals surface area contributed by atoms with Crippen molar-refractivity contribution in [2.45, 2.75) is 0 Å². The number of carbonyl (C=O) groups excluding carboxylic acids is 1. The summed E-state index contributed by atoms with van der Waals surface area (Å²) >= 11 is 0. The van der Waals surface area contributed by atoms with Crippen LogP contribution in [0.3, 0.4) is 0 Å². The second kappa shape index (κ2) is 6.48. The molecular weight excluding hydrogens is 290 g/mol. The number of phenolic OH excluding ortho intramolecular Hbond substituents is 1. The number of hydrogen-bond donors (Lipinski definition) is 2. The van der Waals surface area contributed by atoms with E-state index in [2.05, 4.69) is 32.3 Å². The minimum atomic E-state index is -0.644. The van der Waals surface area contributed by atoms with Gasteiger partial charge in [-0.05, 0) is 12.1 Å². The van der Waals surface area contributed by atoms with Crippen LogP contribution in [0.2, 0.25) is 0 Å². The third-order valence-electron chi connectivity index (χ3n) is 2.63. The molecule has 22 heavy (non-hydrogen) atoms. The molecule has 0 spiro atoms. The van der Waals surface area contributed by atoms with Gasteiger partial charge in [0.05, 0.1) is 20.4 Å². The van der Waals surface area contributed by atoms with E-state index in [0.717, 1.165) is 0 Å². The van der Waals surface area contributed by atoms with Gasteiger partial charge in [0.1, 0.15) is 5.70 Å². The highest BCUT2D eigenvalue weighted by Gasteiger charge is 2.14. The normalized spacial score (nSPS) is 16.2. The van der Waals surface area contributed by atoms with Crippen LogP contribution in [0.1, 0.15) is 5.56 Å². The second-order valence-corrected chi connectivity index (χ2v) is 4.04. The molecule has 0 bridgehead atoms. The molecule has 1 aliphatic rings. The minimum absolute atomic E-state index is 0.106. The fraction of sp³-hybridized carbons (Fsp3) is 0.154. The molecule has 0 unspecified atom stereocenters. The first-order valence-corrected chi connectivity index (χ1v) is 6.03. The first kappa shape index (κ1) is 15.2. The van der Waals surface area contributed by atoms with Gasteiger partial charge in [-0.3, -0.25) is 5.32 Å². The molecular formula is C13H13N5O4.